The largest absolute Gasteiger partial charge is 0.480 e. The molecule has 0 aliphatic heterocycles. The molecule has 16 heavy (non-hydrogen) atoms. The number of hydrogen-bond acceptors (Lipinski definition) is 4. The lowest BCUT2D eigenvalue weighted by atomic mass is 10.0. The van der Waals surface area contributed by atoms with Crippen LogP contribution in [0.5, 0.6) is 0 Å². The molecule has 0 aromatic rings. The lowest BCUT2D eigenvalue weighted by Crippen LogP contribution is -2.57. The molecule has 4 N–H and O–H groups in total. The van der Waals surface area contributed by atoms with Gasteiger partial charge in [0.1, 0.15) is 5.54 Å². The average Bonchev–Trinajstić information content (AvgIpc) is 2.13. The molecule has 0 aliphatic rings. The molecule has 0 spiro atoms. The summed E-state index contributed by atoms with van der Waals surface area (Å²) in [5, 5.41) is 10.9. The molecule has 0 rings (SSSR count). The Morgan fingerprint density at radius 2 is 1.81 bits per heavy atom. The van der Waals surface area contributed by atoms with Crippen molar-refractivity contribution in [3.63, 3.8) is 0 Å². The van der Waals surface area contributed by atoms with E-state index in [1.54, 1.807) is 0 Å². The summed E-state index contributed by atoms with van der Waals surface area (Å²) in [5.41, 5.74) is 3.58. The molecule has 0 bridgehead atoms. The second kappa shape index (κ2) is 4.93. The quantitative estimate of drug-likeness (QED) is 0.596. The zero-order chi connectivity index (χ0) is 13.1. The average molecular weight is 231 g/mol. The summed E-state index contributed by atoms with van der Waals surface area (Å²) in [7, 11) is 1.49. The fourth-order valence-corrected chi connectivity index (χ4v) is 1.04. The van der Waals surface area contributed by atoms with E-state index < -0.39 is 29.5 Å². The fraction of sp³-hybridized carbons (Fsp3) is 0.667. The van der Waals surface area contributed by atoms with Gasteiger partial charge in [-0.1, -0.05) is 0 Å². The van der Waals surface area contributed by atoms with Crippen molar-refractivity contribution in [2.24, 2.45) is 5.73 Å². The number of rotatable bonds is 4. The maximum absolute atomic E-state index is 11.4. The van der Waals surface area contributed by atoms with Gasteiger partial charge in [0.2, 0.25) is 5.91 Å². The number of nitrogens with zero attached hydrogens (tertiary/aromatic N) is 1. The van der Waals surface area contributed by atoms with Gasteiger partial charge in [-0.3, -0.25) is 19.8 Å². The Bertz CT molecular complexity index is 314. The van der Waals surface area contributed by atoms with Crippen LogP contribution in [-0.4, -0.2) is 46.5 Å². The number of carbonyl (C=O) groups excluding carboxylic acids is 2. The van der Waals surface area contributed by atoms with E-state index in [4.69, 9.17) is 10.8 Å². The molecule has 3 amide bonds. The van der Waals surface area contributed by atoms with E-state index in [0.29, 0.717) is 0 Å². The van der Waals surface area contributed by atoms with Crippen molar-refractivity contribution in [3.8, 4) is 0 Å². The van der Waals surface area contributed by atoms with Crippen LogP contribution in [0.25, 0.3) is 0 Å². The number of carboxylic acids is 1. The second-order valence-electron chi connectivity index (χ2n) is 4.00. The molecule has 0 heterocycles. The van der Waals surface area contributed by atoms with Gasteiger partial charge in [-0.2, -0.15) is 0 Å². The molecular formula is C9H17N3O4. The molecule has 0 saturated carbocycles. The Labute approximate surface area is 93.6 Å². The molecule has 7 heteroatoms. The molecule has 7 nitrogen and oxygen atoms in total. The number of nitrogens with one attached hydrogen (secondary N) is 1. The normalized spacial score (nSPS) is 13.3. The molecule has 1 atom stereocenters. The highest BCUT2D eigenvalue weighted by atomic mass is 16.4. The van der Waals surface area contributed by atoms with E-state index in [1.165, 1.54) is 32.7 Å². The number of amides is 3. The number of likely N-dealkylation sites (N-methyl/N-ethyl adjacent to an activating group) is 1. The fourth-order valence-electron chi connectivity index (χ4n) is 1.04. The van der Waals surface area contributed by atoms with Crippen LogP contribution >= 0.6 is 0 Å². The summed E-state index contributed by atoms with van der Waals surface area (Å²) < 4.78 is 0. The Morgan fingerprint density at radius 1 is 1.38 bits per heavy atom. The van der Waals surface area contributed by atoms with Crippen LogP contribution in [0.1, 0.15) is 20.8 Å². The minimum Gasteiger partial charge on any atom is -0.480 e. The number of imide groups is 1. The topological polar surface area (TPSA) is 113 Å². The molecule has 0 fully saturated rings. The first kappa shape index (κ1) is 14.4. The molecule has 1 unspecified atom stereocenters. The summed E-state index contributed by atoms with van der Waals surface area (Å²) in [6.45, 7) is 4.41. The van der Waals surface area contributed by atoms with Crippen LogP contribution in [0, 0.1) is 0 Å². The van der Waals surface area contributed by atoms with Crippen molar-refractivity contribution in [2.75, 3.05) is 7.05 Å². The molecule has 92 valence electrons. The van der Waals surface area contributed by atoms with Crippen LogP contribution in [0.3, 0.4) is 0 Å². The van der Waals surface area contributed by atoms with Gasteiger partial charge in [0.05, 0.1) is 6.04 Å². The van der Waals surface area contributed by atoms with E-state index in [9.17, 15) is 14.4 Å². The monoisotopic (exact) mass is 231 g/mol. The first-order valence-electron chi connectivity index (χ1n) is 4.67. The number of aliphatic carboxylic acids is 1. The minimum absolute atomic E-state index is 0.635. The highest BCUT2D eigenvalue weighted by molar-refractivity contribution is 5.96. The third kappa shape index (κ3) is 3.20. The number of primary amides is 1. The smallest absolute Gasteiger partial charge is 0.323 e. The highest BCUT2D eigenvalue weighted by Crippen LogP contribution is 2.15. The van der Waals surface area contributed by atoms with E-state index in [0.717, 1.165) is 0 Å². The predicted molar refractivity (Wildman–Crippen MR) is 56.7 cm³/mol. The van der Waals surface area contributed by atoms with Crippen molar-refractivity contribution in [3.05, 3.63) is 0 Å². The van der Waals surface area contributed by atoms with Crippen molar-refractivity contribution in [1.29, 1.82) is 0 Å². The van der Waals surface area contributed by atoms with Crippen molar-refractivity contribution in [2.45, 2.75) is 32.4 Å². The molecule has 0 radical (unpaired) electrons. The highest BCUT2D eigenvalue weighted by Gasteiger charge is 2.37. The number of nitrogens with two attached hydrogens (primary N) is 1. The third-order valence-corrected chi connectivity index (χ3v) is 2.61. The number of carboxylic acid groups (broad SMARTS) is 1. The summed E-state index contributed by atoms with van der Waals surface area (Å²) >= 11 is 0. The minimum atomic E-state index is -1.21. The summed E-state index contributed by atoms with van der Waals surface area (Å²) in [6.07, 6.45) is 0. The zero-order valence-corrected chi connectivity index (χ0v) is 9.77. The standard InChI is InChI=1S/C9H17N3O4/c1-5(6(13)11-8(10)16)12(4)9(2,3)7(14)15/h5H,1-4H3,(H,14,15)(H3,10,11,13,16). The molecule has 0 aromatic carbocycles. The third-order valence-electron chi connectivity index (χ3n) is 2.61. The first-order valence-corrected chi connectivity index (χ1v) is 4.67. The van der Waals surface area contributed by atoms with Crippen LogP contribution in [0.4, 0.5) is 4.79 Å². The summed E-state index contributed by atoms with van der Waals surface area (Å²) in [6, 6.07) is -1.74. The zero-order valence-electron chi connectivity index (χ0n) is 9.77. The maximum Gasteiger partial charge on any atom is 0.323 e. The Balaban J connectivity index is 4.73. The SMILES string of the molecule is CC(C(=O)NC(N)=O)N(C)C(C)(C)C(=O)O. The van der Waals surface area contributed by atoms with Gasteiger partial charge >= 0.3 is 12.0 Å². The lowest BCUT2D eigenvalue weighted by molar-refractivity contribution is -0.150. The van der Waals surface area contributed by atoms with Crippen molar-refractivity contribution >= 4 is 17.9 Å². The molecular weight excluding hydrogens is 214 g/mol. The number of urea groups is 1. The number of hydrogen-bond donors (Lipinski definition) is 3. The van der Waals surface area contributed by atoms with E-state index in [1.807, 2.05) is 5.32 Å². The van der Waals surface area contributed by atoms with Crippen molar-refractivity contribution < 1.29 is 19.5 Å². The first-order chi connectivity index (χ1) is 7.10. The second-order valence-corrected chi connectivity index (χ2v) is 4.00. The lowest BCUT2D eigenvalue weighted by Gasteiger charge is -2.35. The maximum atomic E-state index is 11.4. The number of carbonyl (C=O) groups is 3. The van der Waals surface area contributed by atoms with E-state index >= 15 is 0 Å². The molecule has 0 saturated heterocycles. The van der Waals surface area contributed by atoms with Gasteiger partial charge in [0, 0.05) is 0 Å². The van der Waals surface area contributed by atoms with E-state index in [2.05, 4.69) is 0 Å². The van der Waals surface area contributed by atoms with Gasteiger partial charge in [-0.15, -0.1) is 0 Å². The Hall–Kier alpha value is -1.63. The van der Waals surface area contributed by atoms with Gasteiger partial charge in [-0.05, 0) is 27.8 Å². The Kier molecular flexibility index (Phi) is 4.43. The van der Waals surface area contributed by atoms with Crippen LogP contribution in [0.15, 0.2) is 0 Å². The van der Waals surface area contributed by atoms with E-state index in [-0.39, 0.29) is 0 Å². The van der Waals surface area contributed by atoms with Crippen LogP contribution < -0.4 is 11.1 Å². The summed E-state index contributed by atoms with van der Waals surface area (Å²) in [5.74, 6) is -1.70. The van der Waals surface area contributed by atoms with Gasteiger partial charge < -0.3 is 10.8 Å². The predicted octanol–water partition coefficient (Wildman–Crippen LogP) is -0.635. The molecule has 0 aromatic heterocycles. The summed E-state index contributed by atoms with van der Waals surface area (Å²) in [4.78, 5) is 34.2. The molecule has 0 aliphatic carbocycles. The van der Waals surface area contributed by atoms with Crippen molar-refractivity contribution in [1.82, 2.24) is 10.2 Å². The van der Waals surface area contributed by atoms with Gasteiger partial charge in [0.15, 0.2) is 0 Å². The van der Waals surface area contributed by atoms with Gasteiger partial charge in [-0.25, -0.2) is 4.79 Å². The van der Waals surface area contributed by atoms with Gasteiger partial charge in [0.25, 0.3) is 0 Å². The van der Waals surface area contributed by atoms with Crippen LogP contribution in [0.2, 0.25) is 0 Å². The van der Waals surface area contributed by atoms with Crippen LogP contribution in [-0.2, 0) is 9.59 Å². The Morgan fingerprint density at radius 3 is 2.12 bits per heavy atom.